The summed E-state index contributed by atoms with van der Waals surface area (Å²) in [6.07, 6.45) is 20.3. The van der Waals surface area contributed by atoms with E-state index in [0.717, 1.165) is 85.1 Å². The fraction of sp³-hybridized carbons (Fsp3) is 0.153. The molecule has 1 heterocycles. The lowest BCUT2D eigenvalue weighted by Crippen LogP contribution is -2.28. The summed E-state index contributed by atoms with van der Waals surface area (Å²) in [5.41, 5.74) is 22.7. The zero-order valence-corrected chi connectivity index (χ0v) is 50.7. The highest BCUT2D eigenvalue weighted by molar-refractivity contribution is 6.11. The van der Waals surface area contributed by atoms with Crippen LogP contribution in [0.3, 0.4) is 0 Å². The van der Waals surface area contributed by atoms with E-state index in [4.69, 9.17) is 4.74 Å². The molecule has 0 spiro atoms. The van der Waals surface area contributed by atoms with Crippen molar-refractivity contribution in [3.63, 3.8) is 0 Å². The standard InChI is InChI=1S/C85H76N2O/c1-5-9-10-11-12-13-14-15-16-18-23-64-28-35-65(36-29-64)66-37-46-71(47-38-66)86(72-48-39-67(40-49-72)68-41-57-84-80(59-68)79-58-63(8-4)34-56-83(79)87(84)73-44-30-61(6-2)31-45-73)74-50-55-78-77-26-21-22-27-81(77)85(82(78)60-74,69-24-19-17-20-25-69)70-42-53-76(54-43-70)88-75-51-32-62(7-3)33-52-75/h6-8,17,19-22,24-60H,2-5,9-16,18,23H2,1H3. The van der Waals surface area contributed by atoms with Crippen molar-refractivity contribution < 1.29 is 4.74 Å². The Morgan fingerprint density at radius 3 is 1.49 bits per heavy atom. The Morgan fingerprint density at radius 1 is 0.386 bits per heavy atom. The molecule has 12 aromatic rings. The first-order valence-corrected chi connectivity index (χ1v) is 31.8. The Morgan fingerprint density at radius 2 is 0.864 bits per heavy atom. The SMILES string of the molecule is C=Cc1ccc(Oc2ccc(C3(c4ccccc4)c4ccccc4-c4ccc(N(c5ccc(-c6ccc(CCCCCCCCCCCC)cc6)cc5)c5ccc(-c6ccc7c(c6)c6cc(C=C)ccc6n7-c6ccc(C=C)cc6)cc5)cc43)cc2)cc1. The van der Waals surface area contributed by atoms with E-state index in [0.29, 0.717) is 0 Å². The minimum Gasteiger partial charge on any atom is -0.457 e. The fourth-order valence-corrected chi connectivity index (χ4v) is 13.6. The molecule has 1 aliphatic rings. The number of nitrogens with zero attached hydrogens (tertiary/aromatic N) is 2. The van der Waals surface area contributed by atoms with Crippen LogP contribution in [0.1, 0.15) is 116 Å². The molecule has 0 radical (unpaired) electrons. The number of hydrogen-bond donors (Lipinski definition) is 0. The summed E-state index contributed by atoms with van der Waals surface area (Å²) in [5, 5.41) is 2.39. The number of benzene rings is 11. The molecule has 0 N–H and O–H groups in total. The molecule has 3 heteroatoms. The second-order valence-electron chi connectivity index (χ2n) is 23.7. The molecular formula is C85H76N2O. The molecule has 0 amide bonds. The number of hydrogen-bond acceptors (Lipinski definition) is 2. The molecule has 1 aliphatic carbocycles. The first-order chi connectivity index (χ1) is 43.4. The quantitative estimate of drug-likeness (QED) is 0.0561. The summed E-state index contributed by atoms with van der Waals surface area (Å²) in [7, 11) is 0. The molecule has 0 bridgehead atoms. The molecule has 432 valence electrons. The van der Waals surface area contributed by atoms with Crippen molar-refractivity contribution in [2.75, 3.05) is 4.90 Å². The van der Waals surface area contributed by atoms with Gasteiger partial charge in [-0.3, -0.25) is 0 Å². The van der Waals surface area contributed by atoms with E-state index < -0.39 is 5.41 Å². The molecule has 1 atom stereocenters. The third-order valence-corrected chi connectivity index (χ3v) is 18.2. The maximum atomic E-state index is 6.46. The van der Waals surface area contributed by atoms with Crippen molar-refractivity contribution in [2.24, 2.45) is 0 Å². The summed E-state index contributed by atoms with van der Waals surface area (Å²) < 4.78 is 8.83. The summed E-state index contributed by atoms with van der Waals surface area (Å²) in [6, 6.07) is 93.7. The van der Waals surface area contributed by atoms with Gasteiger partial charge in [-0.25, -0.2) is 0 Å². The summed E-state index contributed by atoms with van der Waals surface area (Å²) in [6.45, 7) is 14.4. The van der Waals surface area contributed by atoms with Crippen LogP contribution in [0.25, 0.3) is 79.1 Å². The summed E-state index contributed by atoms with van der Waals surface area (Å²) in [5.74, 6) is 1.56. The highest BCUT2D eigenvalue weighted by atomic mass is 16.5. The number of unbranched alkanes of at least 4 members (excludes halogenated alkanes) is 9. The minimum atomic E-state index is -0.643. The second-order valence-corrected chi connectivity index (χ2v) is 23.7. The van der Waals surface area contributed by atoms with Gasteiger partial charge in [-0.15, -0.1) is 0 Å². The van der Waals surface area contributed by atoms with Gasteiger partial charge >= 0.3 is 0 Å². The van der Waals surface area contributed by atoms with Crippen LogP contribution in [-0.2, 0) is 11.8 Å². The Kier molecular flexibility index (Phi) is 16.8. The van der Waals surface area contributed by atoms with Gasteiger partial charge in [0.1, 0.15) is 11.5 Å². The molecule has 13 rings (SSSR count). The number of aromatic nitrogens is 1. The molecular weight excluding hydrogens is 1060 g/mol. The smallest absolute Gasteiger partial charge is 0.127 e. The highest BCUT2D eigenvalue weighted by Crippen LogP contribution is 2.57. The largest absolute Gasteiger partial charge is 0.457 e. The molecule has 88 heavy (non-hydrogen) atoms. The van der Waals surface area contributed by atoms with Crippen molar-refractivity contribution in [1.82, 2.24) is 4.57 Å². The Hall–Kier alpha value is -9.96. The van der Waals surface area contributed by atoms with Crippen LogP contribution in [0, 0.1) is 0 Å². The van der Waals surface area contributed by atoms with Crippen molar-refractivity contribution in [3.8, 4) is 50.6 Å². The predicted octanol–water partition coefficient (Wildman–Crippen LogP) is 24.1. The van der Waals surface area contributed by atoms with Crippen molar-refractivity contribution in [2.45, 2.75) is 83.0 Å². The lowest BCUT2D eigenvalue weighted by atomic mass is 9.67. The van der Waals surface area contributed by atoms with E-state index in [1.807, 2.05) is 42.5 Å². The second kappa shape index (κ2) is 25.9. The Balaban J connectivity index is 0.871. The van der Waals surface area contributed by atoms with Crippen molar-refractivity contribution in [1.29, 1.82) is 0 Å². The van der Waals surface area contributed by atoms with Crippen LogP contribution in [-0.4, -0.2) is 4.57 Å². The van der Waals surface area contributed by atoms with Crippen LogP contribution < -0.4 is 9.64 Å². The maximum Gasteiger partial charge on any atom is 0.127 e. The van der Waals surface area contributed by atoms with Gasteiger partial charge < -0.3 is 14.2 Å². The first-order valence-electron chi connectivity index (χ1n) is 31.8. The average Bonchev–Trinajstić information content (AvgIpc) is 1.55. The van der Waals surface area contributed by atoms with E-state index in [1.54, 1.807) is 0 Å². The Bertz CT molecular complexity index is 4400. The number of ether oxygens (including phenoxy) is 1. The molecule has 1 aromatic heterocycles. The summed E-state index contributed by atoms with van der Waals surface area (Å²) >= 11 is 0. The van der Waals surface area contributed by atoms with Crippen LogP contribution in [0.15, 0.2) is 275 Å². The lowest BCUT2D eigenvalue weighted by molar-refractivity contribution is 0.482. The van der Waals surface area contributed by atoms with Gasteiger partial charge in [0.15, 0.2) is 0 Å². The Labute approximate surface area is 520 Å². The lowest BCUT2D eigenvalue weighted by Gasteiger charge is -2.35. The molecule has 0 saturated heterocycles. The monoisotopic (exact) mass is 1140 g/mol. The zero-order chi connectivity index (χ0) is 59.8. The van der Waals surface area contributed by atoms with Gasteiger partial charge in [-0.05, 0) is 188 Å². The number of rotatable bonds is 24. The molecule has 0 aliphatic heterocycles. The van der Waals surface area contributed by atoms with E-state index in [9.17, 15) is 0 Å². The third kappa shape index (κ3) is 11.4. The van der Waals surface area contributed by atoms with Crippen LogP contribution in [0.4, 0.5) is 17.1 Å². The van der Waals surface area contributed by atoms with Gasteiger partial charge in [-0.2, -0.15) is 0 Å². The summed E-state index contributed by atoms with van der Waals surface area (Å²) in [4.78, 5) is 2.43. The molecule has 3 nitrogen and oxygen atoms in total. The van der Waals surface area contributed by atoms with Crippen LogP contribution in [0.5, 0.6) is 11.5 Å². The van der Waals surface area contributed by atoms with Gasteiger partial charge in [0, 0.05) is 33.5 Å². The number of anilines is 3. The van der Waals surface area contributed by atoms with E-state index in [-0.39, 0.29) is 0 Å². The molecule has 1 unspecified atom stereocenters. The van der Waals surface area contributed by atoms with Crippen LogP contribution in [0.2, 0.25) is 0 Å². The molecule has 0 saturated carbocycles. The van der Waals surface area contributed by atoms with Gasteiger partial charge in [0.25, 0.3) is 0 Å². The van der Waals surface area contributed by atoms with E-state index >= 15 is 0 Å². The van der Waals surface area contributed by atoms with Gasteiger partial charge in [0.05, 0.1) is 16.4 Å². The van der Waals surface area contributed by atoms with Gasteiger partial charge in [-0.1, -0.05) is 260 Å². The van der Waals surface area contributed by atoms with E-state index in [1.165, 1.54) is 119 Å². The normalized spacial score (nSPS) is 13.3. The molecule has 0 fully saturated rings. The average molecular weight is 1140 g/mol. The van der Waals surface area contributed by atoms with Crippen molar-refractivity contribution >= 4 is 57.1 Å². The topological polar surface area (TPSA) is 17.4 Å². The molecule has 11 aromatic carbocycles. The first kappa shape index (κ1) is 57.1. The number of aryl methyl sites for hydroxylation is 1. The third-order valence-electron chi connectivity index (χ3n) is 18.2. The predicted molar refractivity (Wildman–Crippen MR) is 376 cm³/mol. The highest BCUT2D eigenvalue weighted by Gasteiger charge is 2.46. The van der Waals surface area contributed by atoms with Crippen LogP contribution >= 0.6 is 0 Å². The minimum absolute atomic E-state index is 0.643. The van der Waals surface area contributed by atoms with E-state index in [2.05, 4.69) is 267 Å². The fourth-order valence-electron chi connectivity index (χ4n) is 13.6. The maximum absolute atomic E-state index is 6.46. The van der Waals surface area contributed by atoms with Crippen molar-refractivity contribution in [3.05, 3.63) is 319 Å². The van der Waals surface area contributed by atoms with Gasteiger partial charge in [0.2, 0.25) is 0 Å². The number of fused-ring (bicyclic) bond motifs is 6. The zero-order valence-electron chi connectivity index (χ0n) is 50.7.